The zero-order chi connectivity index (χ0) is 16.2. The molecule has 1 amide bonds. The molecule has 0 bridgehead atoms. The molecule has 1 aromatic heterocycles. The van der Waals surface area contributed by atoms with Crippen LogP contribution in [-0.2, 0) is 9.47 Å². The minimum atomic E-state index is -0.802. The topological polar surface area (TPSA) is 104 Å². The number of carbonyl (C=O) groups excluding carboxylic acids is 1. The van der Waals surface area contributed by atoms with Gasteiger partial charge in [-0.15, -0.1) is 0 Å². The van der Waals surface area contributed by atoms with E-state index in [1.165, 1.54) is 6.26 Å². The van der Waals surface area contributed by atoms with Gasteiger partial charge in [0.2, 0.25) is 0 Å². The molecule has 0 aliphatic carbocycles. The van der Waals surface area contributed by atoms with E-state index in [1.807, 2.05) is 0 Å². The average Bonchev–Trinajstić information content (AvgIpc) is 3.21. The quantitative estimate of drug-likeness (QED) is 0.626. The van der Waals surface area contributed by atoms with Gasteiger partial charge in [0.25, 0.3) is 5.91 Å². The zero-order valence-corrected chi connectivity index (χ0v) is 12.8. The zero-order valence-electron chi connectivity index (χ0n) is 12.8. The maximum Gasteiger partial charge on any atom is 0.287 e. The molecule has 0 aromatic carbocycles. The van der Waals surface area contributed by atoms with Crippen LogP contribution in [0.2, 0.25) is 0 Å². The van der Waals surface area contributed by atoms with E-state index >= 15 is 0 Å². The van der Waals surface area contributed by atoms with Gasteiger partial charge in [-0.3, -0.25) is 9.69 Å². The van der Waals surface area contributed by atoms with E-state index in [0.717, 1.165) is 0 Å². The van der Waals surface area contributed by atoms with Crippen LogP contribution in [0.5, 0.6) is 0 Å². The molecule has 3 heterocycles. The van der Waals surface area contributed by atoms with Crippen molar-refractivity contribution >= 4 is 5.91 Å². The Kier molecular flexibility index (Phi) is 5.29. The summed E-state index contributed by atoms with van der Waals surface area (Å²) in [6.07, 6.45) is -0.417. The minimum Gasteiger partial charge on any atom is -0.459 e. The van der Waals surface area contributed by atoms with Crippen LogP contribution in [0.4, 0.5) is 0 Å². The Morgan fingerprint density at radius 3 is 2.78 bits per heavy atom. The number of carbonyl (C=O) groups is 1. The van der Waals surface area contributed by atoms with E-state index in [4.69, 9.17) is 13.9 Å². The third-order valence-electron chi connectivity index (χ3n) is 4.32. The first kappa shape index (κ1) is 16.4. The molecule has 4 atom stereocenters. The van der Waals surface area contributed by atoms with Crippen LogP contribution < -0.4 is 5.32 Å². The van der Waals surface area contributed by atoms with Crippen molar-refractivity contribution in [1.29, 1.82) is 0 Å². The highest BCUT2D eigenvalue weighted by atomic mass is 16.5. The summed E-state index contributed by atoms with van der Waals surface area (Å²) in [7, 11) is 0. The first-order valence-corrected chi connectivity index (χ1v) is 7.78. The molecule has 2 saturated heterocycles. The number of rotatable bonds is 5. The number of amides is 1. The minimum absolute atomic E-state index is 0.227. The third kappa shape index (κ3) is 3.56. The summed E-state index contributed by atoms with van der Waals surface area (Å²) in [4.78, 5) is 14.1. The van der Waals surface area contributed by atoms with E-state index in [0.29, 0.717) is 26.3 Å². The lowest BCUT2D eigenvalue weighted by Gasteiger charge is -2.36. The fraction of sp³-hybridized carbons (Fsp3) is 0.667. The Bertz CT molecular complexity index is 502. The maximum absolute atomic E-state index is 12.0. The Hall–Kier alpha value is -1.45. The van der Waals surface area contributed by atoms with Crippen molar-refractivity contribution in [3.8, 4) is 0 Å². The molecular weight excluding hydrogens is 304 g/mol. The molecule has 8 heteroatoms. The molecule has 0 spiro atoms. The molecule has 2 aliphatic heterocycles. The van der Waals surface area contributed by atoms with Crippen molar-refractivity contribution in [2.45, 2.75) is 24.4 Å². The Balaban J connectivity index is 1.64. The lowest BCUT2D eigenvalue weighted by molar-refractivity contribution is -0.0220. The number of aliphatic hydroxyl groups excluding tert-OH is 2. The van der Waals surface area contributed by atoms with Crippen LogP contribution >= 0.6 is 0 Å². The van der Waals surface area contributed by atoms with Crippen LogP contribution in [-0.4, -0.2) is 84.8 Å². The highest BCUT2D eigenvalue weighted by molar-refractivity contribution is 5.91. The van der Waals surface area contributed by atoms with Crippen LogP contribution in [0, 0.1) is 0 Å². The molecule has 2 aliphatic rings. The van der Waals surface area contributed by atoms with Crippen LogP contribution in [0.25, 0.3) is 0 Å². The molecule has 3 rings (SSSR count). The molecule has 0 radical (unpaired) electrons. The highest BCUT2D eigenvalue weighted by Crippen LogP contribution is 2.26. The molecule has 0 unspecified atom stereocenters. The summed E-state index contributed by atoms with van der Waals surface area (Å²) in [5.74, 6) is -0.105. The molecule has 0 saturated carbocycles. The van der Waals surface area contributed by atoms with Gasteiger partial charge in [-0.05, 0) is 12.1 Å². The van der Waals surface area contributed by atoms with E-state index in [9.17, 15) is 15.0 Å². The summed E-state index contributed by atoms with van der Waals surface area (Å²) in [6.45, 7) is 2.54. The second-order valence-electron chi connectivity index (χ2n) is 5.71. The monoisotopic (exact) mass is 326 g/mol. The predicted molar refractivity (Wildman–Crippen MR) is 79.0 cm³/mol. The second kappa shape index (κ2) is 7.41. The van der Waals surface area contributed by atoms with Gasteiger partial charge >= 0.3 is 0 Å². The van der Waals surface area contributed by atoms with Crippen molar-refractivity contribution in [3.05, 3.63) is 24.2 Å². The van der Waals surface area contributed by atoms with Gasteiger partial charge in [-0.1, -0.05) is 0 Å². The largest absolute Gasteiger partial charge is 0.459 e. The van der Waals surface area contributed by atoms with Gasteiger partial charge in [-0.25, -0.2) is 0 Å². The van der Waals surface area contributed by atoms with Crippen molar-refractivity contribution in [1.82, 2.24) is 10.2 Å². The van der Waals surface area contributed by atoms with Crippen molar-refractivity contribution in [2.75, 3.05) is 39.5 Å². The molecule has 128 valence electrons. The molecule has 2 fully saturated rings. The first-order chi connectivity index (χ1) is 11.2. The highest BCUT2D eigenvalue weighted by Gasteiger charge is 2.46. The van der Waals surface area contributed by atoms with Gasteiger partial charge in [0.15, 0.2) is 5.76 Å². The van der Waals surface area contributed by atoms with E-state index in [1.54, 1.807) is 12.1 Å². The number of nitrogens with zero attached hydrogens (tertiary/aromatic N) is 1. The Morgan fingerprint density at radius 2 is 2.13 bits per heavy atom. The average molecular weight is 326 g/mol. The number of aliphatic hydroxyl groups is 2. The second-order valence-corrected chi connectivity index (χ2v) is 5.71. The van der Waals surface area contributed by atoms with Gasteiger partial charge in [-0.2, -0.15) is 0 Å². The van der Waals surface area contributed by atoms with Crippen LogP contribution in [0.15, 0.2) is 22.8 Å². The molecule has 1 aromatic rings. The summed E-state index contributed by atoms with van der Waals surface area (Å²) in [5, 5.41) is 22.5. The fourth-order valence-corrected chi connectivity index (χ4v) is 3.16. The predicted octanol–water partition coefficient (Wildman–Crippen LogP) is -1.17. The number of ether oxygens (including phenoxy) is 2. The Labute approximate surface area is 134 Å². The fourth-order valence-electron chi connectivity index (χ4n) is 3.16. The van der Waals surface area contributed by atoms with Gasteiger partial charge in [0, 0.05) is 19.6 Å². The summed E-state index contributed by atoms with van der Waals surface area (Å²) in [5.41, 5.74) is 0. The van der Waals surface area contributed by atoms with Crippen molar-refractivity contribution < 1.29 is 28.9 Å². The lowest BCUT2D eigenvalue weighted by Crippen LogP contribution is -2.54. The van der Waals surface area contributed by atoms with Crippen molar-refractivity contribution in [2.24, 2.45) is 0 Å². The summed E-state index contributed by atoms with van der Waals surface area (Å²) >= 11 is 0. The molecule has 3 N–H and O–H groups in total. The molecular formula is C15H22N2O6. The molecule has 8 nitrogen and oxygen atoms in total. The standard InChI is InChI=1S/C15H22N2O6/c18-9-12-14(19)13(17-3-6-21-7-4-17)11(23-12)8-16-15(20)10-2-1-5-22-10/h1-2,5,11-14,18-19H,3-4,6-9H2,(H,16,20)/t11-,12-,13-,14+/m0/s1. The number of morpholine rings is 1. The van der Waals surface area contributed by atoms with Crippen LogP contribution in [0.1, 0.15) is 10.6 Å². The number of furan rings is 1. The first-order valence-electron chi connectivity index (χ1n) is 7.78. The molecule has 23 heavy (non-hydrogen) atoms. The maximum atomic E-state index is 12.0. The van der Waals surface area contributed by atoms with Crippen molar-refractivity contribution in [3.63, 3.8) is 0 Å². The number of hydrogen-bond acceptors (Lipinski definition) is 7. The van der Waals surface area contributed by atoms with Gasteiger partial charge in [0.05, 0.1) is 38.2 Å². The third-order valence-corrected chi connectivity index (χ3v) is 4.32. The van der Waals surface area contributed by atoms with E-state index in [-0.39, 0.29) is 30.9 Å². The van der Waals surface area contributed by atoms with E-state index < -0.39 is 18.3 Å². The van der Waals surface area contributed by atoms with Crippen LogP contribution in [0.3, 0.4) is 0 Å². The summed E-state index contributed by atoms with van der Waals surface area (Å²) < 4.78 is 16.1. The number of hydrogen-bond donors (Lipinski definition) is 3. The number of nitrogens with one attached hydrogen (secondary N) is 1. The van der Waals surface area contributed by atoms with Gasteiger partial charge < -0.3 is 29.4 Å². The lowest BCUT2D eigenvalue weighted by atomic mass is 10.0. The normalized spacial score (nSPS) is 32.1. The van der Waals surface area contributed by atoms with E-state index in [2.05, 4.69) is 10.2 Å². The SMILES string of the molecule is O=C(NC[C@@H]1O[C@@H](CO)[C@@H](O)[C@H]1N1CCOCC1)c1ccco1. The summed E-state index contributed by atoms with van der Waals surface area (Å²) in [6, 6.07) is 2.94. The Morgan fingerprint density at radius 1 is 1.35 bits per heavy atom. The van der Waals surface area contributed by atoms with Gasteiger partial charge in [0.1, 0.15) is 12.2 Å². The smallest absolute Gasteiger partial charge is 0.287 e.